The van der Waals surface area contributed by atoms with Crippen LogP contribution in [0.25, 0.3) is 0 Å². The number of carbonyl (C=O) groups is 1. The summed E-state index contributed by atoms with van der Waals surface area (Å²) < 4.78 is 0. The third-order valence-corrected chi connectivity index (χ3v) is 4.82. The molecule has 1 aliphatic rings. The van der Waals surface area contributed by atoms with E-state index in [4.69, 9.17) is 23.2 Å². The first kappa shape index (κ1) is 17.6. The number of hydrogen-bond donors (Lipinski definition) is 1. The van der Waals surface area contributed by atoms with Gasteiger partial charge >= 0.3 is 0 Å². The standard InChI is InChI=1S/C17H23Cl2NO2/c1-11(8-13-5-6-14(18)10-16(13)19)17(22)20-7-3-4-15(20)9-12(2)21/h5-6,10-12,15,21H,3-4,7-9H2,1-2H3. The van der Waals surface area contributed by atoms with E-state index in [9.17, 15) is 9.90 Å². The highest BCUT2D eigenvalue weighted by atomic mass is 35.5. The maximum Gasteiger partial charge on any atom is 0.225 e. The summed E-state index contributed by atoms with van der Waals surface area (Å²) in [5.41, 5.74) is 0.943. The van der Waals surface area contributed by atoms with Crippen LogP contribution in [0.15, 0.2) is 18.2 Å². The van der Waals surface area contributed by atoms with Crippen molar-refractivity contribution in [2.24, 2.45) is 5.92 Å². The highest BCUT2D eigenvalue weighted by Crippen LogP contribution is 2.27. The van der Waals surface area contributed by atoms with Gasteiger partial charge in [-0.2, -0.15) is 0 Å². The van der Waals surface area contributed by atoms with Gasteiger partial charge in [-0.3, -0.25) is 4.79 Å². The van der Waals surface area contributed by atoms with Crippen molar-refractivity contribution in [3.05, 3.63) is 33.8 Å². The van der Waals surface area contributed by atoms with Crippen molar-refractivity contribution >= 4 is 29.1 Å². The molecule has 0 saturated carbocycles. The number of aliphatic hydroxyl groups excluding tert-OH is 1. The molecule has 1 aromatic carbocycles. The van der Waals surface area contributed by atoms with Gasteiger partial charge in [0.15, 0.2) is 0 Å². The van der Waals surface area contributed by atoms with Crippen molar-refractivity contribution in [3.8, 4) is 0 Å². The average Bonchev–Trinajstić information content (AvgIpc) is 2.88. The van der Waals surface area contributed by atoms with Crippen LogP contribution in [0, 0.1) is 5.92 Å². The van der Waals surface area contributed by atoms with E-state index in [2.05, 4.69) is 0 Å². The Balaban J connectivity index is 2.02. The second kappa shape index (κ2) is 7.67. The van der Waals surface area contributed by atoms with E-state index >= 15 is 0 Å². The van der Waals surface area contributed by atoms with Crippen molar-refractivity contribution < 1.29 is 9.90 Å². The molecule has 3 atom stereocenters. The fraction of sp³-hybridized carbons (Fsp3) is 0.588. The summed E-state index contributed by atoms with van der Waals surface area (Å²) in [7, 11) is 0. The number of amides is 1. The molecule has 3 nitrogen and oxygen atoms in total. The highest BCUT2D eigenvalue weighted by Gasteiger charge is 2.32. The summed E-state index contributed by atoms with van der Waals surface area (Å²) in [6, 6.07) is 5.55. The molecule has 2 rings (SSSR count). The van der Waals surface area contributed by atoms with Crippen molar-refractivity contribution in [2.45, 2.75) is 51.7 Å². The lowest BCUT2D eigenvalue weighted by Crippen LogP contribution is -2.40. The van der Waals surface area contributed by atoms with Gasteiger partial charge in [0.05, 0.1) is 6.10 Å². The van der Waals surface area contributed by atoms with Gasteiger partial charge < -0.3 is 10.0 Å². The predicted molar refractivity (Wildman–Crippen MR) is 90.4 cm³/mol. The third kappa shape index (κ3) is 4.37. The monoisotopic (exact) mass is 343 g/mol. The van der Waals surface area contributed by atoms with Crippen LogP contribution < -0.4 is 0 Å². The zero-order valence-electron chi connectivity index (χ0n) is 13.1. The minimum Gasteiger partial charge on any atom is -0.393 e. The first-order valence-electron chi connectivity index (χ1n) is 7.81. The minimum absolute atomic E-state index is 0.131. The van der Waals surface area contributed by atoms with Gasteiger partial charge in [-0.1, -0.05) is 36.2 Å². The highest BCUT2D eigenvalue weighted by molar-refractivity contribution is 6.35. The second-order valence-electron chi connectivity index (χ2n) is 6.25. The number of nitrogens with zero attached hydrogens (tertiary/aromatic N) is 1. The molecule has 0 radical (unpaired) electrons. The van der Waals surface area contributed by atoms with Crippen LogP contribution in [0.2, 0.25) is 10.0 Å². The number of likely N-dealkylation sites (tertiary alicyclic amines) is 1. The van der Waals surface area contributed by atoms with E-state index < -0.39 is 0 Å². The molecule has 22 heavy (non-hydrogen) atoms. The maximum atomic E-state index is 12.7. The molecule has 0 aromatic heterocycles. The quantitative estimate of drug-likeness (QED) is 0.879. The first-order valence-corrected chi connectivity index (χ1v) is 8.56. The molecule has 0 bridgehead atoms. The van der Waals surface area contributed by atoms with Gasteiger partial charge in [-0.05, 0) is 50.3 Å². The Morgan fingerprint density at radius 3 is 2.77 bits per heavy atom. The Bertz CT molecular complexity index is 533. The molecular formula is C17H23Cl2NO2. The van der Waals surface area contributed by atoms with E-state index in [-0.39, 0.29) is 24.0 Å². The van der Waals surface area contributed by atoms with Crippen LogP contribution in [0.4, 0.5) is 0 Å². The van der Waals surface area contributed by atoms with E-state index in [0.29, 0.717) is 22.9 Å². The molecular weight excluding hydrogens is 321 g/mol. The molecule has 122 valence electrons. The van der Waals surface area contributed by atoms with E-state index in [1.807, 2.05) is 17.9 Å². The molecule has 0 spiro atoms. The number of aliphatic hydroxyl groups is 1. The molecule has 5 heteroatoms. The molecule has 3 unspecified atom stereocenters. The number of halogens is 2. The fourth-order valence-corrected chi connectivity index (χ4v) is 3.64. The lowest BCUT2D eigenvalue weighted by atomic mass is 9.98. The van der Waals surface area contributed by atoms with E-state index in [1.54, 1.807) is 19.1 Å². The lowest BCUT2D eigenvalue weighted by Gasteiger charge is -2.28. The van der Waals surface area contributed by atoms with Gasteiger partial charge in [0, 0.05) is 28.5 Å². The fourth-order valence-electron chi connectivity index (χ4n) is 3.15. The largest absolute Gasteiger partial charge is 0.393 e. The topological polar surface area (TPSA) is 40.5 Å². The Kier molecular flexibility index (Phi) is 6.13. The maximum absolute atomic E-state index is 12.7. The van der Waals surface area contributed by atoms with Crippen LogP contribution in [-0.4, -0.2) is 34.6 Å². The lowest BCUT2D eigenvalue weighted by molar-refractivity contribution is -0.136. The summed E-state index contributed by atoms with van der Waals surface area (Å²) in [5.74, 6) is 0.0161. The molecule has 1 aliphatic heterocycles. The Hall–Kier alpha value is -0.770. The van der Waals surface area contributed by atoms with Gasteiger partial charge in [-0.15, -0.1) is 0 Å². The molecule has 1 aromatic rings. The van der Waals surface area contributed by atoms with Crippen molar-refractivity contribution in [1.29, 1.82) is 0 Å². The number of carbonyl (C=O) groups excluding carboxylic acids is 1. The van der Waals surface area contributed by atoms with Crippen LogP contribution in [-0.2, 0) is 11.2 Å². The van der Waals surface area contributed by atoms with Gasteiger partial charge in [-0.25, -0.2) is 0 Å². The van der Waals surface area contributed by atoms with Crippen LogP contribution in [0.5, 0.6) is 0 Å². The molecule has 1 fully saturated rings. The smallest absolute Gasteiger partial charge is 0.225 e. The third-order valence-electron chi connectivity index (χ3n) is 4.24. The van der Waals surface area contributed by atoms with Crippen LogP contribution in [0.1, 0.15) is 38.7 Å². The van der Waals surface area contributed by atoms with Gasteiger partial charge in [0.2, 0.25) is 5.91 Å². The first-order chi connectivity index (χ1) is 10.4. The molecule has 1 N–H and O–H groups in total. The second-order valence-corrected chi connectivity index (χ2v) is 7.10. The van der Waals surface area contributed by atoms with E-state index in [1.165, 1.54) is 0 Å². The van der Waals surface area contributed by atoms with Crippen LogP contribution in [0.3, 0.4) is 0 Å². The summed E-state index contributed by atoms with van der Waals surface area (Å²) in [6.07, 6.45) is 2.87. The summed E-state index contributed by atoms with van der Waals surface area (Å²) >= 11 is 12.1. The molecule has 1 amide bonds. The van der Waals surface area contributed by atoms with Gasteiger partial charge in [0.1, 0.15) is 0 Å². The molecule has 1 saturated heterocycles. The normalized spacial score (nSPS) is 21.0. The predicted octanol–water partition coefficient (Wildman–Crippen LogP) is 3.93. The summed E-state index contributed by atoms with van der Waals surface area (Å²) in [6.45, 7) is 4.50. The van der Waals surface area contributed by atoms with Crippen molar-refractivity contribution in [3.63, 3.8) is 0 Å². The SMILES string of the molecule is CC(O)CC1CCCN1C(=O)C(C)Cc1ccc(Cl)cc1Cl. The zero-order valence-corrected chi connectivity index (χ0v) is 14.6. The van der Waals surface area contributed by atoms with Crippen LogP contribution >= 0.6 is 23.2 Å². The van der Waals surface area contributed by atoms with Crippen molar-refractivity contribution in [1.82, 2.24) is 4.90 Å². The number of rotatable bonds is 5. The van der Waals surface area contributed by atoms with Gasteiger partial charge in [0.25, 0.3) is 0 Å². The Morgan fingerprint density at radius 2 is 2.14 bits per heavy atom. The number of benzene rings is 1. The average molecular weight is 344 g/mol. The zero-order chi connectivity index (χ0) is 16.3. The molecule has 0 aliphatic carbocycles. The number of hydrogen-bond acceptors (Lipinski definition) is 2. The summed E-state index contributed by atoms with van der Waals surface area (Å²) in [4.78, 5) is 14.6. The Labute approximate surface area is 142 Å². The van der Waals surface area contributed by atoms with Crippen molar-refractivity contribution in [2.75, 3.05) is 6.54 Å². The molecule has 1 heterocycles. The summed E-state index contributed by atoms with van der Waals surface area (Å²) in [5, 5.41) is 10.8. The van der Waals surface area contributed by atoms with E-state index in [0.717, 1.165) is 24.9 Å². The minimum atomic E-state index is -0.376. The Morgan fingerprint density at radius 1 is 1.41 bits per heavy atom.